The van der Waals surface area contributed by atoms with Gasteiger partial charge in [-0.25, -0.2) is 13.4 Å². The van der Waals surface area contributed by atoms with E-state index >= 15 is 0 Å². The summed E-state index contributed by atoms with van der Waals surface area (Å²) in [4.78, 5) is 17.0. The Hall–Kier alpha value is -3.79. The van der Waals surface area contributed by atoms with Gasteiger partial charge in [0.15, 0.2) is 5.69 Å². The van der Waals surface area contributed by atoms with Gasteiger partial charge in [0, 0.05) is 30.1 Å². The summed E-state index contributed by atoms with van der Waals surface area (Å²) in [5.74, 6) is -0.638. The maximum Gasteiger partial charge on any atom is 0.387 e. The molecule has 0 aliphatic carbocycles. The lowest BCUT2D eigenvalue weighted by Crippen LogP contribution is -2.14. The molecule has 170 valence electrons. The highest BCUT2D eigenvalue weighted by molar-refractivity contribution is 7.90. The first-order chi connectivity index (χ1) is 15.7. The Morgan fingerprint density at radius 2 is 1.82 bits per heavy atom. The third kappa shape index (κ3) is 5.01. The predicted molar refractivity (Wildman–Crippen MR) is 119 cm³/mol. The minimum Gasteiger partial charge on any atom is -0.435 e. The summed E-state index contributed by atoms with van der Waals surface area (Å²) in [5, 5.41) is 2.41. The highest BCUT2D eigenvalue weighted by Gasteiger charge is 2.23. The van der Waals surface area contributed by atoms with E-state index < -0.39 is 22.4 Å². The molecular weight excluding hydrogens is 452 g/mol. The average Bonchev–Trinajstić information content (AvgIpc) is 3.16. The highest BCUT2D eigenvalue weighted by atomic mass is 32.2. The summed E-state index contributed by atoms with van der Waals surface area (Å²) in [5.41, 5.74) is 1.89. The fraction of sp³-hybridized carbons (Fsp3) is 0.130. The van der Waals surface area contributed by atoms with Crippen LogP contribution in [0.25, 0.3) is 5.52 Å². The number of aromatic nitrogens is 2. The van der Waals surface area contributed by atoms with Gasteiger partial charge >= 0.3 is 6.61 Å². The molecule has 0 atom stereocenters. The van der Waals surface area contributed by atoms with Crippen LogP contribution in [-0.2, 0) is 16.3 Å². The molecule has 7 nitrogen and oxygen atoms in total. The molecule has 0 fully saturated rings. The second-order valence-electron chi connectivity index (χ2n) is 7.29. The minimum absolute atomic E-state index is 0.00124. The zero-order chi connectivity index (χ0) is 23.6. The lowest BCUT2D eigenvalue weighted by atomic mass is 10.0. The van der Waals surface area contributed by atoms with Crippen molar-refractivity contribution < 1.29 is 26.7 Å². The largest absolute Gasteiger partial charge is 0.435 e. The molecule has 0 radical (unpaired) electrons. The van der Waals surface area contributed by atoms with Gasteiger partial charge in [0.05, 0.1) is 5.52 Å². The van der Waals surface area contributed by atoms with Gasteiger partial charge in [0.25, 0.3) is 5.91 Å². The molecule has 0 bridgehead atoms. The van der Waals surface area contributed by atoms with Crippen molar-refractivity contribution >= 4 is 26.9 Å². The Bertz CT molecular complexity index is 1420. The number of amides is 1. The van der Waals surface area contributed by atoms with Crippen LogP contribution >= 0.6 is 0 Å². The van der Waals surface area contributed by atoms with E-state index in [4.69, 9.17) is 0 Å². The summed E-state index contributed by atoms with van der Waals surface area (Å²) >= 11 is 0. The molecule has 0 unspecified atom stereocenters. The fourth-order valence-corrected chi connectivity index (χ4v) is 4.22. The van der Waals surface area contributed by atoms with E-state index in [-0.39, 0.29) is 16.6 Å². The van der Waals surface area contributed by atoms with Crippen LogP contribution in [0.3, 0.4) is 0 Å². The van der Waals surface area contributed by atoms with E-state index in [0.29, 0.717) is 23.2 Å². The number of pyridine rings is 1. The maximum atomic E-state index is 13.0. The number of carbonyl (C=O) groups excluding carboxylic acids is 1. The van der Waals surface area contributed by atoms with E-state index in [1.165, 1.54) is 22.7 Å². The van der Waals surface area contributed by atoms with Gasteiger partial charge in [-0.3, -0.25) is 9.20 Å². The first kappa shape index (κ1) is 22.4. The monoisotopic (exact) mass is 471 g/mol. The predicted octanol–water partition coefficient (Wildman–Crippen LogP) is 4.18. The lowest BCUT2D eigenvalue weighted by Gasteiger charge is -2.13. The molecule has 2 aromatic heterocycles. The Kier molecular flexibility index (Phi) is 6.10. The van der Waals surface area contributed by atoms with Crippen LogP contribution in [0.5, 0.6) is 5.75 Å². The Labute approximate surface area is 188 Å². The number of hydrogen-bond donors (Lipinski definition) is 1. The second kappa shape index (κ2) is 8.99. The third-order valence-electron chi connectivity index (χ3n) is 4.83. The lowest BCUT2D eigenvalue weighted by molar-refractivity contribution is -0.0503. The zero-order valence-corrected chi connectivity index (χ0v) is 18.2. The molecular formula is C23H19F2N3O4S. The standard InChI is InChI=1S/C23H19F2N3O4S/c1-33(30,31)23-27-20(18-9-5-6-12-28(18)23)21(29)26-17-10-11-19(32-22(24)25)16(14-17)13-15-7-3-2-4-8-15/h2-12,14,22H,13H2,1H3,(H,26,29). The number of fused-ring (bicyclic) bond motifs is 1. The summed E-state index contributed by atoms with van der Waals surface area (Å²) in [6.45, 7) is -2.99. The minimum atomic E-state index is -3.69. The number of benzene rings is 2. The number of anilines is 1. The Morgan fingerprint density at radius 1 is 1.09 bits per heavy atom. The first-order valence-electron chi connectivity index (χ1n) is 9.82. The van der Waals surface area contributed by atoms with Gasteiger partial charge in [-0.1, -0.05) is 36.4 Å². The third-order valence-corrected chi connectivity index (χ3v) is 5.79. The van der Waals surface area contributed by atoms with Crippen LogP contribution in [0.4, 0.5) is 14.5 Å². The molecule has 0 spiro atoms. The van der Waals surface area contributed by atoms with Crippen LogP contribution in [0.2, 0.25) is 0 Å². The molecule has 0 aliphatic rings. The number of nitrogens with one attached hydrogen (secondary N) is 1. The molecule has 0 saturated heterocycles. The van der Waals surface area contributed by atoms with Gasteiger partial charge in [-0.2, -0.15) is 8.78 Å². The summed E-state index contributed by atoms with van der Waals surface area (Å²) < 4.78 is 55.9. The zero-order valence-electron chi connectivity index (χ0n) is 17.4. The number of halogens is 2. The Morgan fingerprint density at radius 3 is 2.52 bits per heavy atom. The number of nitrogens with zero attached hydrogens (tertiary/aromatic N) is 2. The van der Waals surface area contributed by atoms with Crippen molar-refractivity contribution in [3.63, 3.8) is 0 Å². The molecule has 4 aromatic rings. The van der Waals surface area contributed by atoms with E-state index in [0.717, 1.165) is 11.8 Å². The highest BCUT2D eigenvalue weighted by Crippen LogP contribution is 2.28. The first-order valence-corrected chi connectivity index (χ1v) is 11.7. The van der Waals surface area contributed by atoms with Crippen molar-refractivity contribution in [1.82, 2.24) is 9.38 Å². The molecule has 1 N–H and O–H groups in total. The van der Waals surface area contributed by atoms with Crippen LogP contribution in [0, 0.1) is 0 Å². The summed E-state index contributed by atoms with van der Waals surface area (Å²) in [7, 11) is -3.69. The van der Waals surface area contributed by atoms with Crippen molar-refractivity contribution in [1.29, 1.82) is 0 Å². The van der Waals surface area contributed by atoms with Crippen molar-refractivity contribution in [2.45, 2.75) is 18.2 Å². The molecule has 33 heavy (non-hydrogen) atoms. The van der Waals surface area contributed by atoms with Gasteiger partial charge < -0.3 is 10.1 Å². The normalized spacial score (nSPS) is 11.6. The maximum absolute atomic E-state index is 13.0. The fourth-order valence-electron chi connectivity index (χ4n) is 3.45. The van der Waals surface area contributed by atoms with Gasteiger partial charge in [0.1, 0.15) is 5.75 Å². The molecule has 0 aliphatic heterocycles. The van der Waals surface area contributed by atoms with Crippen molar-refractivity contribution in [2.24, 2.45) is 0 Å². The van der Waals surface area contributed by atoms with Crippen molar-refractivity contribution in [2.75, 3.05) is 11.6 Å². The van der Waals surface area contributed by atoms with E-state index in [2.05, 4.69) is 15.0 Å². The number of imidazole rings is 1. The molecule has 4 rings (SSSR count). The van der Waals surface area contributed by atoms with Crippen LogP contribution in [0.15, 0.2) is 78.1 Å². The number of rotatable bonds is 7. The van der Waals surface area contributed by atoms with Gasteiger partial charge in [-0.15, -0.1) is 0 Å². The molecule has 2 heterocycles. The van der Waals surface area contributed by atoms with Crippen LogP contribution in [0.1, 0.15) is 21.6 Å². The molecule has 10 heteroatoms. The number of hydrogen-bond acceptors (Lipinski definition) is 5. The number of alkyl halides is 2. The van der Waals surface area contributed by atoms with Crippen molar-refractivity contribution in [3.05, 3.63) is 89.7 Å². The van der Waals surface area contributed by atoms with Gasteiger partial charge in [-0.05, 0) is 35.9 Å². The second-order valence-corrected chi connectivity index (χ2v) is 9.20. The number of ether oxygens (including phenoxy) is 1. The van der Waals surface area contributed by atoms with Crippen molar-refractivity contribution in [3.8, 4) is 5.75 Å². The number of carbonyl (C=O) groups is 1. The topological polar surface area (TPSA) is 89.8 Å². The Balaban J connectivity index is 1.68. The molecule has 0 saturated carbocycles. The van der Waals surface area contributed by atoms with Crippen LogP contribution < -0.4 is 10.1 Å². The van der Waals surface area contributed by atoms with E-state index in [9.17, 15) is 22.0 Å². The number of sulfone groups is 1. The summed E-state index contributed by atoms with van der Waals surface area (Å²) in [6, 6.07) is 18.4. The van der Waals surface area contributed by atoms with Crippen LogP contribution in [-0.4, -0.2) is 36.6 Å². The molecule has 1 amide bonds. The van der Waals surface area contributed by atoms with E-state index in [1.807, 2.05) is 30.3 Å². The average molecular weight is 471 g/mol. The van der Waals surface area contributed by atoms with E-state index in [1.54, 1.807) is 24.3 Å². The van der Waals surface area contributed by atoms with Gasteiger partial charge in [0.2, 0.25) is 15.0 Å². The summed E-state index contributed by atoms with van der Waals surface area (Å²) in [6.07, 6.45) is 2.82. The SMILES string of the molecule is CS(=O)(=O)c1nc(C(=O)Nc2ccc(OC(F)F)c(Cc3ccccc3)c2)c2ccccn12. The quantitative estimate of drug-likeness (QED) is 0.437. The molecule has 2 aromatic carbocycles. The smallest absolute Gasteiger partial charge is 0.387 e.